The van der Waals surface area contributed by atoms with Gasteiger partial charge in [-0.05, 0) is 55.5 Å². The number of benzene rings is 2. The van der Waals surface area contributed by atoms with Crippen LogP contribution in [0.3, 0.4) is 0 Å². The maximum absolute atomic E-state index is 11.8. The van der Waals surface area contributed by atoms with Crippen LogP contribution in [0.4, 0.5) is 0 Å². The molecular weight excluding hydrogens is 324 g/mol. The third-order valence-electron chi connectivity index (χ3n) is 3.01. The number of carbonyl (C=O) groups is 2. The molecule has 0 radical (unpaired) electrons. The van der Waals surface area contributed by atoms with E-state index in [9.17, 15) is 14.7 Å². The molecule has 0 aliphatic heterocycles. The Kier molecular flexibility index (Phi) is 5.83. The van der Waals surface area contributed by atoms with Crippen molar-refractivity contribution in [3.63, 3.8) is 0 Å². The molecule has 0 fully saturated rings. The van der Waals surface area contributed by atoms with Gasteiger partial charge >= 0.3 is 0 Å². The van der Waals surface area contributed by atoms with Gasteiger partial charge in [-0.15, -0.1) is 0 Å². The predicted octanol–water partition coefficient (Wildman–Crippen LogP) is 1.62. The van der Waals surface area contributed by atoms with Gasteiger partial charge in [-0.2, -0.15) is 10.2 Å². The van der Waals surface area contributed by atoms with Crippen molar-refractivity contribution in [2.24, 2.45) is 10.2 Å². The van der Waals surface area contributed by atoms with E-state index >= 15 is 0 Å². The molecule has 0 atom stereocenters. The van der Waals surface area contributed by atoms with Crippen LogP contribution in [0.25, 0.3) is 0 Å². The fourth-order valence-corrected chi connectivity index (χ4v) is 1.71. The second-order valence-electron chi connectivity index (χ2n) is 4.99. The van der Waals surface area contributed by atoms with Gasteiger partial charge in [0, 0.05) is 11.1 Å². The minimum atomic E-state index is -0.447. The quantitative estimate of drug-likeness (QED) is 0.488. The maximum atomic E-state index is 11.8. The van der Waals surface area contributed by atoms with Crippen LogP contribution in [0.5, 0.6) is 11.5 Å². The minimum absolute atomic E-state index is 0.0624. The molecule has 128 valence electrons. The lowest BCUT2D eigenvalue weighted by atomic mass is 10.2. The van der Waals surface area contributed by atoms with Crippen LogP contribution < -0.4 is 10.9 Å². The standard InChI is InChI=1S/C17H16N4O4/c1-11(19-21-17(25)13-4-8-15(23)9-5-13)10-18-20-16(24)12-2-6-14(22)7-3-12/h2-10,22-23H,1H3,(H,20,24)(H,21,25)/b18-10-,19-11-. The van der Waals surface area contributed by atoms with Crippen LogP contribution >= 0.6 is 0 Å². The topological polar surface area (TPSA) is 123 Å². The summed E-state index contributed by atoms with van der Waals surface area (Å²) in [5.41, 5.74) is 5.67. The van der Waals surface area contributed by atoms with Gasteiger partial charge in [0.25, 0.3) is 11.8 Å². The lowest BCUT2D eigenvalue weighted by molar-refractivity contribution is 0.0946. The molecule has 2 amide bonds. The van der Waals surface area contributed by atoms with Gasteiger partial charge in [0.1, 0.15) is 11.5 Å². The maximum Gasteiger partial charge on any atom is 0.271 e. The average Bonchev–Trinajstić information content (AvgIpc) is 2.60. The number of nitrogens with one attached hydrogen (secondary N) is 2. The van der Waals surface area contributed by atoms with Gasteiger partial charge in [-0.3, -0.25) is 9.59 Å². The van der Waals surface area contributed by atoms with E-state index in [4.69, 9.17) is 5.11 Å². The molecule has 0 saturated heterocycles. The molecule has 8 heteroatoms. The zero-order valence-corrected chi connectivity index (χ0v) is 13.3. The van der Waals surface area contributed by atoms with Crippen molar-refractivity contribution in [3.05, 3.63) is 59.7 Å². The van der Waals surface area contributed by atoms with E-state index in [1.165, 1.54) is 54.7 Å². The lowest BCUT2D eigenvalue weighted by Gasteiger charge is -2.01. The number of hydrogen-bond acceptors (Lipinski definition) is 6. The summed E-state index contributed by atoms with van der Waals surface area (Å²) in [6.07, 6.45) is 1.27. The zero-order chi connectivity index (χ0) is 18.2. The molecule has 4 N–H and O–H groups in total. The minimum Gasteiger partial charge on any atom is -0.508 e. The summed E-state index contributed by atoms with van der Waals surface area (Å²) < 4.78 is 0. The number of nitrogens with zero attached hydrogens (tertiary/aromatic N) is 2. The first kappa shape index (κ1) is 17.7. The van der Waals surface area contributed by atoms with Crippen molar-refractivity contribution < 1.29 is 19.8 Å². The SMILES string of the molecule is CC(/C=N\NC(=O)c1ccc(O)cc1)=N/NC(=O)c1ccc(O)cc1. The lowest BCUT2D eigenvalue weighted by Crippen LogP contribution is -2.21. The number of hydrazone groups is 2. The summed E-state index contributed by atoms with van der Waals surface area (Å²) in [5.74, 6) is -0.766. The van der Waals surface area contributed by atoms with E-state index in [2.05, 4.69) is 21.1 Å². The molecular formula is C17H16N4O4. The summed E-state index contributed by atoms with van der Waals surface area (Å²) >= 11 is 0. The summed E-state index contributed by atoms with van der Waals surface area (Å²) in [6.45, 7) is 1.59. The third kappa shape index (κ3) is 5.47. The van der Waals surface area contributed by atoms with Gasteiger partial charge in [-0.25, -0.2) is 10.9 Å². The molecule has 0 heterocycles. The Morgan fingerprint density at radius 2 is 1.28 bits per heavy atom. The zero-order valence-electron chi connectivity index (χ0n) is 13.3. The highest BCUT2D eigenvalue weighted by Crippen LogP contribution is 2.10. The van der Waals surface area contributed by atoms with Gasteiger partial charge in [0.15, 0.2) is 0 Å². The Balaban J connectivity index is 1.86. The van der Waals surface area contributed by atoms with Crippen LogP contribution in [0, 0.1) is 0 Å². The van der Waals surface area contributed by atoms with E-state index in [1.807, 2.05) is 0 Å². The van der Waals surface area contributed by atoms with Crippen LogP contribution in [-0.2, 0) is 0 Å². The van der Waals surface area contributed by atoms with Crippen molar-refractivity contribution in [3.8, 4) is 11.5 Å². The first-order valence-corrected chi connectivity index (χ1v) is 7.22. The average molecular weight is 340 g/mol. The second kappa shape index (κ2) is 8.25. The number of rotatable bonds is 5. The van der Waals surface area contributed by atoms with E-state index in [-0.39, 0.29) is 11.5 Å². The highest BCUT2D eigenvalue weighted by atomic mass is 16.3. The number of amides is 2. The van der Waals surface area contributed by atoms with Crippen molar-refractivity contribution in [1.82, 2.24) is 10.9 Å². The molecule has 8 nitrogen and oxygen atoms in total. The van der Waals surface area contributed by atoms with Gasteiger partial charge < -0.3 is 10.2 Å². The molecule has 2 rings (SSSR count). The van der Waals surface area contributed by atoms with Crippen LogP contribution in [-0.4, -0.2) is 34.0 Å². The second-order valence-corrected chi connectivity index (χ2v) is 4.99. The molecule has 2 aromatic rings. The van der Waals surface area contributed by atoms with Crippen molar-refractivity contribution in [1.29, 1.82) is 0 Å². The van der Waals surface area contributed by atoms with E-state index in [1.54, 1.807) is 6.92 Å². The Bertz CT molecular complexity index is 812. The first-order chi connectivity index (χ1) is 12.0. The number of carbonyl (C=O) groups excluding carboxylic acids is 2. The Morgan fingerprint density at radius 3 is 1.76 bits per heavy atom. The fourth-order valence-electron chi connectivity index (χ4n) is 1.71. The number of phenols is 2. The smallest absolute Gasteiger partial charge is 0.271 e. The summed E-state index contributed by atoms with van der Waals surface area (Å²) in [5, 5.41) is 25.9. The normalized spacial score (nSPS) is 11.3. The van der Waals surface area contributed by atoms with E-state index in [0.717, 1.165) is 0 Å². The fraction of sp³-hybridized carbons (Fsp3) is 0.0588. The van der Waals surface area contributed by atoms with Crippen LogP contribution in [0.2, 0.25) is 0 Å². The number of hydrogen-bond donors (Lipinski definition) is 4. The van der Waals surface area contributed by atoms with E-state index in [0.29, 0.717) is 16.8 Å². The van der Waals surface area contributed by atoms with Gasteiger partial charge in [0.05, 0.1) is 11.9 Å². The molecule has 0 unspecified atom stereocenters. The largest absolute Gasteiger partial charge is 0.508 e. The van der Waals surface area contributed by atoms with Crippen LogP contribution in [0.15, 0.2) is 58.7 Å². The molecule has 0 aromatic heterocycles. The van der Waals surface area contributed by atoms with Crippen molar-refractivity contribution >= 4 is 23.7 Å². The molecule has 0 saturated carbocycles. The molecule has 0 aliphatic rings. The summed E-state index contributed by atoms with van der Waals surface area (Å²) in [4.78, 5) is 23.6. The van der Waals surface area contributed by atoms with Gasteiger partial charge in [0.2, 0.25) is 0 Å². The Hall–Kier alpha value is -3.68. The predicted molar refractivity (Wildman–Crippen MR) is 92.7 cm³/mol. The van der Waals surface area contributed by atoms with Crippen LogP contribution in [0.1, 0.15) is 27.6 Å². The summed E-state index contributed by atoms with van der Waals surface area (Å²) in [6, 6.07) is 11.4. The Labute approximate surface area is 143 Å². The number of phenolic OH excluding ortho intramolecular Hbond substituents is 2. The summed E-state index contributed by atoms with van der Waals surface area (Å²) in [7, 11) is 0. The van der Waals surface area contributed by atoms with Crippen molar-refractivity contribution in [2.45, 2.75) is 6.92 Å². The molecule has 2 aromatic carbocycles. The molecule has 0 spiro atoms. The molecule has 25 heavy (non-hydrogen) atoms. The number of aromatic hydroxyl groups is 2. The third-order valence-corrected chi connectivity index (χ3v) is 3.01. The van der Waals surface area contributed by atoms with Crippen molar-refractivity contribution in [2.75, 3.05) is 0 Å². The molecule has 0 aliphatic carbocycles. The molecule has 0 bridgehead atoms. The van der Waals surface area contributed by atoms with E-state index < -0.39 is 11.8 Å². The Morgan fingerprint density at radius 1 is 0.840 bits per heavy atom. The monoisotopic (exact) mass is 340 g/mol. The van der Waals surface area contributed by atoms with Gasteiger partial charge in [-0.1, -0.05) is 0 Å². The highest BCUT2D eigenvalue weighted by molar-refractivity contribution is 6.29. The highest BCUT2D eigenvalue weighted by Gasteiger charge is 2.04. The first-order valence-electron chi connectivity index (χ1n) is 7.22.